The zero-order chi connectivity index (χ0) is 11.2. The third-order valence-electron chi connectivity index (χ3n) is 2.81. The van der Waals surface area contributed by atoms with E-state index >= 15 is 0 Å². The highest BCUT2D eigenvalue weighted by atomic mass is 16.5. The molecule has 0 N–H and O–H groups in total. The van der Waals surface area contributed by atoms with E-state index in [-0.39, 0.29) is 12.7 Å². The van der Waals surface area contributed by atoms with Crippen molar-refractivity contribution in [2.75, 3.05) is 19.8 Å². The number of hydrogen-bond acceptors (Lipinski definition) is 2. The molecule has 0 aromatic heterocycles. The highest BCUT2D eigenvalue weighted by molar-refractivity contribution is 5.14. The van der Waals surface area contributed by atoms with Crippen molar-refractivity contribution in [3.8, 4) is 0 Å². The molecule has 1 radical (unpaired) electrons. The topological polar surface area (TPSA) is 38.4 Å². The monoisotopic (exact) mass is 221 g/mol. The van der Waals surface area contributed by atoms with Crippen LogP contribution in [0.25, 0.3) is 0 Å². The van der Waals surface area contributed by atoms with E-state index in [1.807, 2.05) is 18.2 Å². The molecule has 0 amide bonds. The van der Waals surface area contributed by atoms with Crippen molar-refractivity contribution in [2.24, 2.45) is 0 Å². The van der Waals surface area contributed by atoms with E-state index in [9.17, 15) is 5.11 Å². The van der Waals surface area contributed by atoms with Gasteiger partial charge in [-0.25, -0.2) is 5.11 Å². The summed E-state index contributed by atoms with van der Waals surface area (Å²) in [5.41, 5.74) is 1.25. The predicted molar refractivity (Wildman–Crippen MR) is 59.8 cm³/mol. The van der Waals surface area contributed by atoms with Crippen LogP contribution in [0.15, 0.2) is 30.3 Å². The quantitative estimate of drug-likeness (QED) is 0.778. The Bertz CT molecular complexity index is 299. The van der Waals surface area contributed by atoms with E-state index in [1.54, 1.807) is 0 Å². The van der Waals surface area contributed by atoms with Crippen molar-refractivity contribution in [2.45, 2.75) is 25.0 Å². The molecule has 0 spiro atoms. The van der Waals surface area contributed by atoms with Gasteiger partial charge in [0, 0.05) is 6.61 Å². The minimum Gasteiger partial charge on any atom is -0.378 e. The van der Waals surface area contributed by atoms with Crippen LogP contribution in [0.3, 0.4) is 0 Å². The molecule has 2 rings (SSSR count). The zero-order valence-corrected chi connectivity index (χ0v) is 9.30. The second-order valence-corrected chi connectivity index (χ2v) is 4.05. The molecule has 1 heterocycles. The summed E-state index contributed by atoms with van der Waals surface area (Å²) in [6.45, 7) is 1.55. The van der Waals surface area contributed by atoms with Gasteiger partial charge in [0.1, 0.15) is 6.10 Å². The van der Waals surface area contributed by atoms with E-state index < -0.39 is 6.10 Å². The highest BCUT2D eigenvalue weighted by Gasteiger charge is 2.25. The molecule has 3 heteroatoms. The van der Waals surface area contributed by atoms with Crippen LogP contribution < -0.4 is 0 Å². The first-order valence-electron chi connectivity index (χ1n) is 5.75. The molecular weight excluding hydrogens is 204 g/mol. The van der Waals surface area contributed by atoms with Gasteiger partial charge in [-0.3, -0.25) is 0 Å². The lowest BCUT2D eigenvalue weighted by Crippen LogP contribution is -2.38. The highest BCUT2D eigenvalue weighted by Crippen LogP contribution is 2.12. The van der Waals surface area contributed by atoms with Gasteiger partial charge in [0.15, 0.2) is 0 Å². The van der Waals surface area contributed by atoms with Crippen LogP contribution in [-0.2, 0) is 21.0 Å². The van der Waals surface area contributed by atoms with Gasteiger partial charge in [0.05, 0.1) is 19.3 Å². The maximum absolute atomic E-state index is 11.5. The first-order valence-corrected chi connectivity index (χ1v) is 5.75. The molecule has 0 saturated carbocycles. The summed E-state index contributed by atoms with van der Waals surface area (Å²) in [4.78, 5) is 0. The molecule has 1 aromatic rings. The first kappa shape index (κ1) is 11.6. The van der Waals surface area contributed by atoms with Crippen molar-refractivity contribution in [3.05, 3.63) is 35.9 Å². The molecule has 1 saturated heterocycles. The van der Waals surface area contributed by atoms with E-state index in [4.69, 9.17) is 9.47 Å². The Balaban J connectivity index is 1.71. The van der Waals surface area contributed by atoms with Crippen molar-refractivity contribution in [1.29, 1.82) is 0 Å². The van der Waals surface area contributed by atoms with Crippen LogP contribution in [0, 0.1) is 0 Å². The molecular formula is C13H17O3. The van der Waals surface area contributed by atoms with E-state index in [2.05, 4.69) is 12.1 Å². The van der Waals surface area contributed by atoms with Crippen molar-refractivity contribution >= 4 is 0 Å². The van der Waals surface area contributed by atoms with Crippen LogP contribution in [0.2, 0.25) is 0 Å². The normalized spacial score (nSPS) is 25.6. The van der Waals surface area contributed by atoms with Crippen molar-refractivity contribution in [1.82, 2.24) is 0 Å². The maximum atomic E-state index is 11.5. The van der Waals surface area contributed by atoms with Gasteiger partial charge in [-0.15, -0.1) is 0 Å². The summed E-state index contributed by atoms with van der Waals surface area (Å²) < 4.78 is 10.7. The standard InChI is InChI=1S/C13H17O3/c14-12-10-15-8-7-13(12)16-9-6-11-4-2-1-3-5-11/h1-5,12-13H,6-10H2. The molecule has 3 nitrogen and oxygen atoms in total. The Kier molecular flexibility index (Phi) is 4.34. The van der Waals surface area contributed by atoms with Gasteiger partial charge in [-0.2, -0.15) is 0 Å². The van der Waals surface area contributed by atoms with Crippen LogP contribution in [0.5, 0.6) is 0 Å². The van der Waals surface area contributed by atoms with Gasteiger partial charge in [0.2, 0.25) is 0 Å². The number of rotatable bonds is 4. The van der Waals surface area contributed by atoms with Crippen LogP contribution in [0.1, 0.15) is 12.0 Å². The summed E-state index contributed by atoms with van der Waals surface area (Å²) in [7, 11) is 0. The minimum atomic E-state index is -0.718. The fraction of sp³-hybridized carbons (Fsp3) is 0.538. The largest absolute Gasteiger partial charge is 0.378 e. The SMILES string of the molecule is [O]C1COCCC1OCCc1ccccc1. The summed E-state index contributed by atoms with van der Waals surface area (Å²) in [5, 5.41) is 11.5. The molecule has 0 aliphatic carbocycles. The Morgan fingerprint density at radius 2 is 2.12 bits per heavy atom. The summed E-state index contributed by atoms with van der Waals surface area (Å²) in [6.07, 6.45) is 0.704. The molecule has 1 aromatic carbocycles. The van der Waals surface area contributed by atoms with Gasteiger partial charge in [-0.05, 0) is 18.4 Å². The van der Waals surface area contributed by atoms with Gasteiger partial charge in [-0.1, -0.05) is 30.3 Å². The van der Waals surface area contributed by atoms with Gasteiger partial charge < -0.3 is 9.47 Å². The molecule has 1 fully saturated rings. The van der Waals surface area contributed by atoms with E-state index in [1.165, 1.54) is 5.56 Å². The molecule has 0 bridgehead atoms. The van der Waals surface area contributed by atoms with Gasteiger partial charge in [0.25, 0.3) is 0 Å². The fourth-order valence-electron chi connectivity index (χ4n) is 1.86. The summed E-state index contributed by atoms with van der Waals surface area (Å²) in [6, 6.07) is 10.2. The van der Waals surface area contributed by atoms with Gasteiger partial charge >= 0.3 is 0 Å². The lowest BCUT2D eigenvalue weighted by Gasteiger charge is -2.26. The van der Waals surface area contributed by atoms with Crippen LogP contribution >= 0.6 is 0 Å². The molecule has 16 heavy (non-hydrogen) atoms. The van der Waals surface area contributed by atoms with Crippen LogP contribution in [0.4, 0.5) is 0 Å². The van der Waals surface area contributed by atoms with Crippen molar-refractivity contribution < 1.29 is 14.6 Å². The first-order chi connectivity index (χ1) is 7.86. The maximum Gasteiger partial charge on any atom is 0.142 e. The molecule has 2 atom stereocenters. The fourth-order valence-corrected chi connectivity index (χ4v) is 1.86. The second kappa shape index (κ2) is 5.99. The third kappa shape index (κ3) is 3.30. The zero-order valence-electron chi connectivity index (χ0n) is 9.30. The Morgan fingerprint density at radius 1 is 1.31 bits per heavy atom. The molecule has 87 valence electrons. The lowest BCUT2D eigenvalue weighted by atomic mass is 10.1. The lowest BCUT2D eigenvalue weighted by molar-refractivity contribution is -0.137. The smallest absolute Gasteiger partial charge is 0.142 e. The number of benzene rings is 1. The Labute approximate surface area is 96.0 Å². The minimum absolute atomic E-state index is 0.169. The number of hydrogen-bond donors (Lipinski definition) is 0. The summed E-state index contributed by atoms with van der Waals surface area (Å²) >= 11 is 0. The second-order valence-electron chi connectivity index (χ2n) is 4.05. The molecule has 2 unspecified atom stereocenters. The van der Waals surface area contributed by atoms with E-state index in [0.29, 0.717) is 13.2 Å². The molecule has 1 aliphatic heterocycles. The summed E-state index contributed by atoms with van der Waals surface area (Å²) in [5.74, 6) is 0. The molecule has 1 aliphatic rings. The third-order valence-corrected chi connectivity index (χ3v) is 2.81. The van der Waals surface area contributed by atoms with Crippen molar-refractivity contribution in [3.63, 3.8) is 0 Å². The average molecular weight is 221 g/mol. The Hall–Kier alpha value is -0.900. The Morgan fingerprint density at radius 3 is 2.88 bits per heavy atom. The average Bonchev–Trinajstić information content (AvgIpc) is 2.33. The van der Waals surface area contributed by atoms with Crippen LogP contribution in [-0.4, -0.2) is 32.0 Å². The number of ether oxygens (including phenoxy) is 2. The predicted octanol–water partition coefficient (Wildman–Crippen LogP) is 1.83. The van der Waals surface area contributed by atoms with E-state index in [0.717, 1.165) is 12.8 Å².